The van der Waals surface area contributed by atoms with Crippen LogP contribution < -0.4 is 5.32 Å². The molecule has 0 aromatic carbocycles. The van der Waals surface area contributed by atoms with Gasteiger partial charge in [0.2, 0.25) is 0 Å². The Balaban J connectivity index is 2.11. The highest BCUT2D eigenvalue weighted by Crippen LogP contribution is 2.32. The molecule has 1 rings (SSSR count). The van der Waals surface area contributed by atoms with Gasteiger partial charge in [0.25, 0.3) is 0 Å². The van der Waals surface area contributed by atoms with Crippen molar-refractivity contribution in [3.8, 4) is 0 Å². The number of nitrogens with one attached hydrogen (secondary N) is 1. The summed E-state index contributed by atoms with van der Waals surface area (Å²) in [5, 5.41) is 3.17. The van der Waals surface area contributed by atoms with E-state index < -0.39 is 12.1 Å². The largest absolute Gasteiger partial charge is 0.393 e. The summed E-state index contributed by atoms with van der Waals surface area (Å²) in [5.41, 5.74) is 0. The van der Waals surface area contributed by atoms with Gasteiger partial charge in [0.1, 0.15) is 0 Å². The summed E-state index contributed by atoms with van der Waals surface area (Å²) in [4.78, 5) is 1.90. The van der Waals surface area contributed by atoms with Crippen LogP contribution >= 0.6 is 0 Å². The van der Waals surface area contributed by atoms with E-state index in [9.17, 15) is 13.2 Å². The van der Waals surface area contributed by atoms with Crippen molar-refractivity contribution in [3.63, 3.8) is 0 Å². The molecule has 1 saturated heterocycles. The number of ether oxygens (including phenoxy) is 1. The Bertz CT molecular complexity index is 224. The molecule has 0 spiro atoms. The minimum absolute atomic E-state index is 0.149. The zero-order chi connectivity index (χ0) is 13.4. The topological polar surface area (TPSA) is 24.5 Å². The normalized spacial score (nSPS) is 22.3. The van der Waals surface area contributed by atoms with Crippen LogP contribution in [0.4, 0.5) is 13.2 Å². The molecule has 6 heteroatoms. The molecular weight excluding hydrogens is 245 g/mol. The van der Waals surface area contributed by atoms with E-state index in [1.165, 1.54) is 0 Å². The van der Waals surface area contributed by atoms with Gasteiger partial charge in [-0.25, -0.2) is 0 Å². The first kappa shape index (κ1) is 15.7. The standard InChI is InChI=1S/C12H23F3N2O/c1-2-18-9-6-16-5-8-17-7-3-4-11(10-17)12(13,14)15/h11,16H,2-10H2,1H3. The molecule has 0 saturated carbocycles. The maximum atomic E-state index is 12.6. The van der Waals surface area contributed by atoms with Crippen LogP contribution in [0.3, 0.4) is 0 Å². The number of rotatable bonds is 7. The molecule has 1 unspecified atom stereocenters. The first-order chi connectivity index (χ1) is 8.54. The summed E-state index contributed by atoms with van der Waals surface area (Å²) in [5.74, 6) is -1.14. The molecule has 1 aliphatic rings. The zero-order valence-electron chi connectivity index (χ0n) is 10.9. The van der Waals surface area contributed by atoms with Gasteiger partial charge in [0, 0.05) is 32.8 Å². The lowest BCUT2D eigenvalue weighted by Crippen LogP contribution is -2.44. The fraction of sp³-hybridized carbons (Fsp3) is 1.00. The Morgan fingerprint density at radius 1 is 1.33 bits per heavy atom. The summed E-state index contributed by atoms with van der Waals surface area (Å²) < 4.78 is 42.9. The second-order valence-electron chi connectivity index (χ2n) is 4.63. The lowest BCUT2D eigenvalue weighted by Gasteiger charge is -2.33. The number of hydrogen-bond donors (Lipinski definition) is 1. The summed E-state index contributed by atoms with van der Waals surface area (Å²) in [6.45, 7) is 6.37. The molecule has 1 fully saturated rings. The number of alkyl halides is 3. The number of likely N-dealkylation sites (tertiary alicyclic amines) is 1. The van der Waals surface area contributed by atoms with E-state index >= 15 is 0 Å². The van der Waals surface area contributed by atoms with Gasteiger partial charge in [-0.05, 0) is 26.3 Å². The van der Waals surface area contributed by atoms with Crippen molar-refractivity contribution >= 4 is 0 Å². The van der Waals surface area contributed by atoms with E-state index in [1.807, 2.05) is 11.8 Å². The Morgan fingerprint density at radius 2 is 2.11 bits per heavy atom. The molecule has 0 aromatic rings. The monoisotopic (exact) mass is 268 g/mol. The Labute approximate surface area is 107 Å². The van der Waals surface area contributed by atoms with Crippen LogP contribution in [0, 0.1) is 5.92 Å². The summed E-state index contributed by atoms with van der Waals surface area (Å²) in [7, 11) is 0. The van der Waals surface area contributed by atoms with Crippen molar-refractivity contribution in [1.29, 1.82) is 0 Å². The first-order valence-electron chi connectivity index (χ1n) is 6.61. The fourth-order valence-corrected chi connectivity index (χ4v) is 2.18. The van der Waals surface area contributed by atoms with E-state index in [-0.39, 0.29) is 13.0 Å². The van der Waals surface area contributed by atoms with Crippen molar-refractivity contribution in [2.24, 2.45) is 5.92 Å². The predicted octanol–water partition coefficient (Wildman–Crippen LogP) is 1.89. The van der Waals surface area contributed by atoms with Crippen molar-refractivity contribution in [3.05, 3.63) is 0 Å². The number of hydrogen-bond acceptors (Lipinski definition) is 3. The third-order valence-electron chi connectivity index (χ3n) is 3.20. The molecule has 0 radical (unpaired) electrons. The third-order valence-corrected chi connectivity index (χ3v) is 3.20. The Kier molecular flexibility index (Phi) is 6.96. The molecule has 0 aromatic heterocycles. The molecule has 1 N–H and O–H groups in total. The van der Waals surface area contributed by atoms with Gasteiger partial charge in [0.15, 0.2) is 0 Å². The minimum atomic E-state index is -4.04. The Morgan fingerprint density at radius 3 is 2.78 bits per heavy atom. The molecule has 1 heterocycles. The van der Waals surface area contributed by atoms with Gasteiger partial charge in [-0.1, -0.05) is 0 Å². The maximum Gasteiger partial charge on any atom is 0.393 e. The van der Waals surface area contributed by atoms with Gasteiger partial charge >= 0.3 is 6.18 Å². The zero-order valence-corrected chi connectivity index (χ0v) is 10.9. The van der Waals surface area contributed by atoms with E-state index in [0.717, 1.165) is 19.6 Å². The molecular formula is C12H23F3N2O. The Hall–Kier alpha value is -0.330. The van der Waals surface area contributed by atoms with Crippen LogP contribution in [0.2, 0.25) is 0 Å². The van der Waals surface area contributed by atoms with Crippen molar-refractivity contribution in [2.75, 3.05) is 45.9 Å². The van der Waals surface area contributed by atoms with Gasteiger partial charge in [-0.15, -0.1) is 0 Å². The summed E-state index contributed by atoms with van der Waals surface area (Å²) in [6.07, 6.45) is -3.12. The smallest absolute Gasteiger partial charge is 0.380 e. The average molecular weight is 268 g/mol. The van der Waals surface area contributed by atoms with Crippen LogP contribution in [-0.4, -0.2) is 57.0 Å². The van der Waals surface area contributed by atoms with Crippen molar-refractivity contribution in [1.82, 2.24) is 10.2 Å². The first-order valence-corrected chi connectivity index (χ1v) is 6.61. The van der Waals surface area contributed by atoms with E-state index in [4.69, 9.17) is 4.74 Å². The van der Waals surface area contributed by atoms with Crippen LogP contribution in [-0.2, 0) is 4.74 Å². The van der Waals surface area contributed by atoms with Gasteiger partial charge in [0.05, 0.1) is 12.5 Å². The highest BCUT2D eigenvalue weighted by Gasteiger charge is 2.41. The van der Waals surface area contributed by atoms with Gasteiger partial charge in [-0.3, -0.25) is 0 Å². The second-order valence-corrected chi connectivity index (χ2v) is 4.63. The van der Waals surface area contributed by atoms with Crippen LogP contribution in [0.15, 0.2) is 0 Å². The highest BCUT2D eigenvalue weighted by atomic mass is 19.4. The second kappa shape index (κ2) is 7.96. The van der Waals surface area contributed by atoms with E-state index in [0.29, 0.717) is 26.2 Å². The summed E-state index contributed by atoms with van der Waals surface area (Å²) >= 11 is 0. The number of nitrogens with zero attached hydrogens (tertiary/aromatic N) is 1. The predicted molar refractivity (Wildman–Crippen MR) is 64.6 cm³/mol. The number of halogens is 3. The van der Waals surface area contributed by atoms with E-state index in [2.05, 4.69) is 5.32 Å². The summed E-state index contributed by atoms with van der Waals surface area (Å²) in [6, 6.07) is 0. The van der Waals surface area contributed by atoms with E-state index in [1.54, 1.807) is 0 Å². The average Bonchev–Trinajstić information content (AvgIpc) is 2.33. The van der Waals surface area contributed by atoms with Crippen LogP contribution in [0.5, 0.6) is 0 Å². The molecule has 0 bridgehead atoms. The molecule has 108 valence electrons. The van der Waals surface area contributed by atoms with Crippen LogP contribution in [0.1, 0.15) is 19.8 Å². The van der Waals surface area contributed by atoms with Crippen molar-refractivity contribution in [2.45, 2.75) is 25.9 Å². The fourth-order valence-electron chi connectivity index (χ4n) is 2.18. The van der Waals surface area contributed by atoms with Gasteiger partial charge in [-0.2, -0.15) is 13.2 Å². The molecule has 0 aliphatic carbocycles. The maximum absolute atomic E-state index is 12.6. The lowest BCUT2D eigenvalue weighted by molar-refractivity contribution is -0.186. The molecule has 1 atom stereocenters. The van der Waals surface area contributed by atoms with Crippen molar-refractivity contribution < 1.29 is 17.9 Å². The molecule has 1 aliphatic heterocycles. The van der Waals surface area contributed by atoms with Crippen LogP contribution in [0.25, 0.3) is 0 Å². The minimum Gasteiger partial charge on any atom is -0.380 e. The van der Waals surface area contributed by atoms with Gasteiger partial charge < -0.3 is 15.0 Å². The SMILES string of the molecule is CCOCCNCCN1CCCC(C(F)(F)F)C1. The number of piperidine rings is 1. The highest BCUT2D eigenvalue weighted by molar-refractivity contribution is 4.78. The molecule has 18 heavy (non-hydrogen) atoms. The molecule has 0 amide bonds. The molecule has 3 nitrogen and oxygen atoms in total. The third kappa shape index (κ3) is 6.02. The lowest BCUT2D eigenvalue weighted by atomic mass is 9.97. The quantitative estimate of drug-likeness (QED) is 0.714.